The molecule has 41 atom stereocenters. The number of hydrogen-bond acceptors (Lipinski definition) is 33. The monoisotopic (exact) mass is 1360 g/mol. The minimum absolute atomic E-state index is 0.0482. The summed E-state index contributed by atoms with van der Waals surface area (Å²) in [7, 11) is 0. The standard InChI is InChI=1S/C61H102O33/c1-21(18-82-53-46(78)42(74)39(71)32(14-62)86-53)7-10-61(81)22(2)36-31(94-61)12-26-24-6-5-23-11-30(27(66)13-60(23,4)25(24)8-9-59(26,36)3)85-56-47(79)43(75)49(35(17-65)89-56)90-58-52(51(41(73)34(16-64)88-58)92-55-45(77)38(70)29(68)20-84-55)93-57-48(80)50(40(72)33(15-63)87-57)91-54-44(76)37(69)28(67)19-83-54/h21-58,62-81H,5-20H2,1-4H3/t21-,22+,23+,24-,25+,26+,27-,28-,29-,30-,31+,32-,33-,34-,35-,36+,37+,38+,39-,40-,41-,42+,43-,44-,45-,46-,47-,48-,49+,50+,51+,52-,53-,54+,55+,56-,57+,58+,59+,60+,61-/m1/s1. The summed E-state index contributed by atoms with van der Waals surface area (Å²) in [5, 5.41) is 218. The molecule has 11 aliphatic rings. The van der Waals surface area contributed by atoms with Gasteiger partial charge in [0.2, 0.25) is 0 Å². The first-order chi connectivity index (χ1) is 44.5. The van der Waals surface area contributed by atoms with Crippen molar-refractivity contribution >= 4 is 0 Å². The minimum Gasteiger partial charge on any atom is -0.394 e. The Bertz CT molecular complexity index is 2440. The number of hydrogen-bond donors (Lipinski definition) is 20. The molecule has 20 N–H and O–H groups in total. The van der Waals surface area contributed by atoms with Gasteiger partial charge in [0.25, 0.3) is 0 Å². The van der Waals surface area contributed by atoms with Crippen molar-refractivity contribution in [2.75, 3.05) is 46.2 Å². The van der Waals surface area contributed by atoms with E-state index in [1.165, 1.54) is 0 Å². The molecule has 4 saturated carbocycles. The van der Waals surface area contributed by atoms with Crippen molar-refractivity contribution in [1.29, 1.82) is 0 Å². The Morgan fingerprint density at radius 1 is 0.468 bits per heavy atom. The van der Waals surface area contributed by atoms with Crippen molar-refractivity contribution < 1.29 is 164 Å². The average Bonchev–Trinajstić information content (AvgIpc) is 1.49. The van der Waals surface area contributed by atoms with Crippen LogP contribution < -0.4 is 0 Å². The molecule has 0 aromatic heterocycles. The molecule has 544 valence electrons. The van der Waals surface area contributed by atoms with Gasteiger partial charge in [-0.1, -0.05) is 27.7 Å². The second-order valence-electron chi connectivity index (χ2n) is 29.1. The molecule has 0 aromatic carbocycles. The van der Waals surface area contributed by atoms with Gasteiger partial charge < -0.3 is 164 Å². The van der Waals surface area contributed by atoms with Gasteiger partial charge in [0.15, 0.2) is 43.5 Å². The highest BCUT2D eigenvalue weighted by Gasteiger charge is 2.69. The second-order valence-corrected chi connectivity index (χ2v) is 29.1. The molecule has 0 radical (unpaired) electrons. The molecule has 0 unspecified atom stereocenters. The normalized spacial score (nSPS) is 55.7. The van der Waals surface area contributed by atoms with E-state index in [0.29, 0.717) is 31.6 Å². The van der Waals surface area contributed by atoms with E-state index in [0.717, 1.165) is 32.1 Å². The molecule has 0 spiro atoms. The summed E-state index contributed by atoms with van der Waals surface area (Å²) in [5.41, 5.74) is -0.488. The Hall–Kier alpha value is -1.32. The topological polar surface area (TPSA) is 525 Å². The van der Waals surface area contributed by atoms with E-state index in [1.54, 1.807) is 0 Å². The lowest BCUT2D eigenvalue weighted by molar-refractivity contribution is -0.409. The van der Waals surface area contributed by atoms with E-state index in [1.807, 2.05) is 6.92 Å². The first-order valence-electron chi connectivity index (χ1n) is 33.3. The molecule has 11 fully saturated rings. The van der Waals surface area contributed by atoms with Crippen molar-refractivity contribution in [2.24, 2.45) is 52.3 Å². The summed E-state index contributed by atoms with van der Waals surface area (Å²) >= 11 is 0. The van der Waals surface area contributed by atoms with Crippen LogP contribution >= 0.6 is 0 Å². The molecule has 4 aliphatic carbocycles. The third-order valence-corrected chi connectivity index (χ3v) is 23.6. The third-order valence-electron chi connectivity index (χ3n) is 23.6. The van der Waals surface area contributed by atoms with Gasteiger partial charge in [0.05, 0.1) is 64.6 Å². The predicted molar refractivity (Wildman–Crippen MR) is 306 cm³/mol. The Labute approximate surface area is 542 Å². The maximum Gasteiger partial charge on any atom is 0.187 e. The number of aliphatic hydroxyl groups is 20. The van der Waals surface area contributed by atoms with Gasteiger partial charge in [-0.05, 0) is 97.7 Å². The van der Waals surface area contributed by atoms with Gasteiger partial charge in [-0.25, -0.2) is 0 Å². The first kappa shape index (κ1) is 73.9. The van der Waals surface area contributed by atoms with E-state index in [4.69, 9.17) is 61.6 Å². The van der Waals surface area contributed by atoms with Crippen LogP contribution in [0.4, 0.5) is 0 Å². The Morgan fingerprint density at radius 2 is 0.989 bits per heavy atom. The van der Waals surface area contributed by atoms with E-state index in [2.05, 4.69) is 20.8 Å². The minimum atomic E-state index is -2.16. The Morgan fingerprint density at radius 3 is 1.62 bits per heavy atom. The van der Waals surface area contributed by atoms with E-state index < -0.39 is 230 Å². The molecule has 0 bridgehead atoms. The van der Waals surface area contributed by atoms with Crippen LogP contribution in [0.1, 0.15) is 85.5 Å². The molecule has 94 heavy (non-hydrogen) atoms. The van der Waals surface area contributed by atoms with Crippen LogP contribution in [0.25, 0.3) is 0 Å². The number of fused-ring (bicyclic) bond motifs is 7. The molecule has 33 nitrogen and oxygen atoms in total. The fourth-order valence-electron chi connectivity index (χ4n) is 18.1. The van der Waals surface area contributed by atoms with Crippen LogP contribution in [0, 0.1) is 52.3 Å². The lowest BCUT2D eigenvalue weighted by Gasteiger charge is -2.62. The quantitative estimate of drug-likeness (QED) is 0.0504. The molecule has 33 heteroatoms. The molecular formula is C61H102O33. The zero-order chi connectivity index (χ0) is 67.9. The fourth-order valence-corrected chi connectivity index (χ4v) is 18.1. The van der Waals surface area contributed by atoms with Crippen molar-refractivity contribution in [3.05, 3.63) is 0 Å². The molecule has 7 heterocycles. The van der Waals surface area contributed by atoms with E-state index in [9.17, 15) is 102 Å². The van der Waals surface area contributed by atoms with Crippen molar-refractivity contribution in [1.82, 2.24) is 0 Å². The highest BCUT2D eigenvalue weighted by atomic mass is 16.8. The zero-order valence-corrected chi connectivity index (χ0v) is 53.0. The largest absolute Gasteiger partial charge is 0.394 e. The fraction of sp³-hybridized carbons (Fsp3) is 1.00. The molecule has 11 rings (SSSR count). The maximum atomic E-state index is 12.2. The highest BCUT2D eigenvalue weighted by molar-refractivity contribution is 5.16. The lowest BCUT2D eigenvalue weighted by atomic mass is 9.44. The van der Waals surface area contributed by atoms with Crippen LogP contribution in [0.2, 0.25) is 0 Å². The number of rotatable bonds is 20. The van der Waals surface area contributed by atoms with E-state index in [-0.39, 0.29) is 59.0 Å². The highest BCUT2D eigenvalue weighted by Crippen LogP contribution is 2.71. The SMILES string of the molecule is C[C@H](CC[C@@]1(O)O[C@H]2C[C@H]3[C@@H]4CC[C@H]5C[C@@H](O[C@@H]6O[C@H](CO)[C@H](O[C@@H]7O[C@H](CO)[C@@H](O)[C@H](O[C@@H]8OC[C@@H](O)[C@H](O)[C@H]8O)[C@H]7O[C@@H]7O[C@H](CO)[C@@H](O)[C@H](O[C@@H]8OC[C@@H](O)[C@H](O)[C@H]8O)[C@H]7O)[C@H](O)[C@H]6O)[C@H](O)C[C@]5(C)[C@H]4CC[C@]3(C)[C@H]2[C@@H]1C)CO[C@@H]1O[C@H](CO)[C@@H](O)[C@H](O)[C@H]1O. The summed E-state index contributed by atoms with van der Waals surface area (Å²) in [6, 6.07) is 0. The van der Waals surface area contributed by atoms with Gasteiger partial charge in [0.1, 0.15) is 134 Å². The van der Waals surface area contributed by atoms with Crippen LogP contribution in [0.5, 0.6) is 0 Å². The first-order valence-corrected chi connectivity index (χ1v) is 33.3. The van der Waals surface area contributed by atoms with Crippen molar-refractivity contribution in [3.63, 3.8) is 0 Å². The van der Waals surface area contributed by atoms with Crippen LogP contribution in [-0.4, -0.2) is 345 Å². The number of ether oxygens (including phenoxy) is 13. The molecule has 0 amide bonds. The Kier molecular flexibility index (Phi) is 23.2. The number of aliphatic hydroxyl groups excluding tert-OH is 19. The summed E-state index contributed by atoms with van der Waals surface area (Å²) < 4.78 is 77.4. The average molecular weight is 1360 g/mol. The lowest BCUT2D eigenvalue weighted by Crippen LogP contribution is -2.69. The molecule has 7 aliphatic heterocycles. The van der Waals surface area contributed by atoms with Gasteiger partial charge in [-0.3, -0.25) is 0 Å². The molecule has 7 saturated heterocycles. The van der Waals surface area contributed by atoms with Gasteiger partial charge in [-0.2, -0.15) is 0 Å². The third kappa shape index (κ3) is 13.7. The van der Waals surface area contributed by atoms with E-state index >= 15 is 0 Å². The summed E-state index contributed by atoms with van der Waals surface area (Å²) in [6.45, 7) is 4.05. The van der Waals surface area contributed by atoms with Gasteiger partial charge >= 0.3 is 0 Å². The van der Waals surface area contributed by atoms with Crippen molar-refractivity contribution in [2.45, 2.75) is 282 Å². The molecular weight excluding hydrogens is 1260 g/mol. The van der Waals surface area contributed by atoms with Gasteiger partial charge in [0, 0.05) is 12.3 Å². The van der Waals surface area contributed by atoms with Crippen LogP contribution in [-0.2, 0) is 61.6 Å². The molecule has 0 aromatic rings. The van der Waals surface area contributed by atoms with Crippen LogP contribution in [0.15, 0.2) is 0 Å². The van der Waals surface area contributed by atoms with Gasteiger partial charge in [-0.15, -0.1) is 0 Å². The summed E-state index contributed by atoms with van der Waals surface area (Å²) in [4.78, 5) is 0. The van der Waals surface area contributed by atoms with Crippen molar-refractivity contribution in [3.8, 4) is 0 Å². The van der Waals surface area contributed by atoms with Crippen LogP contribution in [0.3, 0.4) is 0 Å². The zero-order valence-electron chi connectivity index (χ0n) is 53.0. The second kappa shape index (κ2) is 29.6. The summed E-state index contributed by atoms with van der Waals surface area (Å²) in [5.74, 6) is -0.813. The summed E-state index contributed by atoms with van der Waals surface area (Å²) in [6.07, 6.45) is -46.3. The predicted octanol–water partition coefficient (Wildman–Crippen LogP) is -8.06. The maximum absolute atomic E-state index is 12.2. The Balaban J connectivity index is 0.739. The smallest absolute Gasteiger partial charge is 0.187 e.